The smallest absolute Gasteiger partial charge is 0.229 e. The summed E-state index contributed by atoms with van der Waals surface area (Å²) in [6.07, 6.45) is 6.68. The highest BCUT2D eigenvalue weighted by atomic mass is 79.9. The maximum Gasteiger partial charge on any atom is 0.229 e. The van der Waals surface area contributed by atoms with Crippen LogP contribution in [0.25, 0.3) is 11.1 Å². The van der Waals surface area contributed by atoms with Gasteiger partial charge in [0.1, 0.15) is 24.8 Å². The van der Waals surface area contributed by atoms with Crippen LogP contribution >= 0.6 is 23.1 Å². The normalized spacial score (nSPS) is 16.3. The molecule has 2 N–H and O–H groups in total. The van der Waals surface area contributed by atoms with Crippen LogP contribution < -0.4 is 25.6 Å². The second-order valence-corrected chi connectivity index (χ2v) is 17.5. The average Bonchev–Trinajstić information content (AvgIpc) is 3.50. The third-order valence-corrected chi connectivity index (χ3v) is 11.8. The van der Waals surface area contributed by atoms with Gasteiger partial charge in [-0.25, -0.2) is 4.98 Å². The van der Waals surface area contributed by atoms with Gasteiger partial charge < -0.3 is 29.7 Å². The lowest BCUT2D eigenvalue weighted by Gasteiger charge is -2.43. The SMILES string of the molecule is CCc1cc(Nc2ncc(Br)c(Nc3ccc(-c4cn(C)nc4C#N)cc3P(C)(C)=O)n2)c(OC)cc1N1CCC(N2CCN(C)CC2)CC1. The average molecular weight is 762 g/mol. The van der Waals surface area contributed by atoms with Crippen molar-refractivity contribution in [3.63, 3.8) is 0 Å². The number of hydrogen-bond acceptors (Lipinski definition) is 11. The molecule has 4 aromatic rings. The summed E-state index contributed by atoms with van der Waals surface area (Å²) >= 11 is 3.59. The molecule has 4 heterocycles. The monoisotopic (exact) mass is 760 g/mol. The Kier molecular flexibility index (Phi) is 10.8. The van der Waals surface area contributed by atoms with Gasteiger partial charge in [-0.3, -0.25) is 9.58 Å². The molecular weight excluding hydrogens is 715 g/mol. The van der Waals surface area contributed by atoms with E-state index in [0.29, 0.717) is 44.5 Å². The second kappa shape index (κ2) is 15.1. The Morgan fingerprint density at radius 2 is 1.78 bits per heavy atom. The minimum Gasteiger partial charge on any atom is -0.494 e. The number of piperazine rings is 1. The second-order valence-electron chi connectivity index (χ2n) is 13.5. The third kappa shape index (κ3) is 7.84. The van der Waals surface area contributed by atoms with Gasteiger partial charge in [0, 0.05) is 87.4 Å². The Morgan fingerprint density at radius 3 is 2.44 bits per heavy atom. The van der Waals surface area contributed by atoms with Crippen molar-refractivity contribution in [1.29, 1.82) is 5.26 Å². The van der Waals surface area contributed by atoms with Gasteiger partial charge in [0.2, 0.25) is 5.95 Å². The van der Waals surface area contributed by atoms with Crippen LogP contribution in [0.15, 0.2) is 47.2 Å². The van der Waals surface area contributed by atoms with Gasteiger partial charge >= 0.3 is 0 Å². The zero-order chi connectivity index (χ0) is 35.6. The fourth-order valence-corrected chi connectivity index (χ4v) is 8.36. The van der Waals surface area contributed by atoms with Gasteiger partial charge in [0.15, 0.2) is 5.69 Å². The fraction of sp³-hybridized carbons (Fsp3) is 0.444. The summed E-state index contributed by atoms with van der Waals surface area (Å²) in [6, 6.07) is 12.7. The van der Waals surface area contributed by atoms with Crippen LogP contribution in [-0.2, 0) is 18.0 Å². The van der Waals surface area contributed by atoms with Crippen LogP contribution in [0.5, 0.6) is 5.75 Å². The van der Waals surface area contributed by atoms with E-state index in [2.05, 4.69) is 83.5 Å². The van der Waals surface area contributed by atoms with Crippen LogP contribution in [0.4, 0.5) is 28.8 Å². The number of benzene rings is 2. The van der Waals surface area contributed by atoms with E-state index in [-0.39, 0.29) is 0 Å². The molecule has 0 saturated carbocycles. The largest absolute Gasteiger partial charge is 0.494 e. The molecule has 2 fully saturated rings. The topological polar surface area (TPSA) is 127 Å². The van der Waals surface area contributed by atoms with Crippen molar-refractivity contribution >= 4 is 57.2 Å². The summed E-state index contributed by atoms with van der Waals surface area (Å²) in [5.41, 5.74) is 5.67. The van der Waals surface area contributed by atoms with E-state index in [1.165, 1.54) is 11.3 Å². The number of aromatic nitrogens is 4. The number of piperidine rings is 1. The number of rotatable bonds is 10. The van der Waals surface area contributed by atoms with Crippen molar-refractivity contribution in [2.75, 3.05) is 82.3 Å². The van der Waals surface area contributed by atoms with Crippen LogP contribution in [-0.4, -0.2) is 102 Å². The number of anilines is 5. The van der Waals surface area contributed by atoms with E-state index in [1.807, 2.05) is 18.2 Å². The number of nitrogens with zero attached hydrogens (tertiary/aromatic N) is 8. The first-order valence-electron chi connectivity index (χ1n) is 17.1. The molecule has 6 rings (SSSR count). The molecule has 0 atom stereocenters. The molecule has 2 aliphatic heterocycles. The van der Waals surface area contributed by atoms with Crippen molar-refractivity contribution in [2.24, 2.45) is 7.05 Å². The molecule has 0 amide bonds. The first-order chi connectivity index (χ1) is 24.0. The quantitative estimate of drug-likeness (QED) is 0.184. The molecule has 0 radical (unpaired) electrons. The number of halogens is 1. The maximum atomic E-state index is 13.5. The minimum atomic E-state index is -2.76. The lowest BCUT2D eigenvalue weighted by Crippen LogP contribution is -2.52. The van der Waals surface area contributed by atoms with Crippen molar-refractivity contribution in [1.82, 2.24) is 29.5 Å². The fourth-order valence-electron chi connectivity index (χ4n) is 6.91. The first kappa shape index (κ1) is 35.9. The zero-order valence-electron chi connectivity index (χ0n) is 29.7. The summed E-state index contributed by atoms with van der Waals surface area (Å²) < 4.78 is 21.7. The van der Waals surface area contributed by atoms with Gasteiger partial charge in [-0.2, -0.15) is 15.3 Å². The summed E-state index contributed by atoms with van der Waals surface area (Å²) in [6.45, 7) is 12.3. The Labute approximate surface area is 303 Å². The van der Waals surface area contributed by atoms with Gasteiger partial charge in [-0.1, -0.05) is 13.0 Å². The third-order valence-electron chi connectivity index (χ3n) is 9.71. The molecule has 50 heavy (non-hydrogen) atoms. The molecule has 0 unspecified atom stereocenters. The molecule has 0 spiro atoms. The molecule has 0 aliphatic carbocycles. The van der Waals surface area contributed by atoms with E-state index >= 15 is 0 Å². The number of ether oxygens (including phenoxy) is 1. The number of nitrogens with one attached hydrogen (secondary N) is 2. The molecule has 2 aromatic carbocycles. The molecule has 2 aliphatic rings. The lowest BCUT2D eigenvalue weighted by atomic mass is 9.99. The number of nitriles is 1. The minimum absolute atomic E-state index is 0.316. The molecule has 2 aromatic heterocycles. The Balaban J connectivity index is 1.22. The van der Waals surface area contributed by atoms with E-state index in [4.69, 9.17) is 9.72 Å². The van der Waals surface area contributed by atoms with Crippen molar-refractivity contribution in [2.45, 2.75) is 32.2 Å². The summed E-state index contributed by atoms with van der Waals surface area (Å²) in [4.78, 5) is 16.9. The van der Waals surface area contributed by atoms with Crippen LogP contribution in [0, 0.1) is 11.3 Å². The van der Waals surface area contributed by atoms with Gasteiger partial charge in [-0.15, -0.1) is 0 Å². The highest BCUT2D eigenvalue weighted by Gasteiger charge is 2.28. The standard InChI is InChI=1S/C36H46BrN10O2P/c1-7-24-18-30(33(49-4)20-32(24)47-12-10-26(11-13-47)46-16-14-44(2)15-17-46)41-36-39-22-28(37)35(42-36)40-29-9-8-25(19-34(29)50(5,6)48)27-23-45(3)43-31(27)21-38/h8-9,18-20,22-23,26H,7,10-17H2,1-6H3,(H2,39,40,41,42). The summed E-state index contributed by atoms with van der Waals surface area (Å²) in [5.74, 6) is 1.63. The molecule has 14 heteroatoms. The van der Waals surface area contributed by atoms with Crippen molar-refractivity contribution in [3.05, 3.63) is 58.5 Å². The number of likely N-dealkylation sites (N-methyl/N-ethyl adjacent to an activating group) is 1. The Morgan fingerprint density at radius 1 is 1.04 bits per heavy atom. The first-order valence-corrected chi connectivity index (χ1v) is 20.5. The summed E-state index contributed by atoms with van der Waals surface area (Å²) in [5, 5.41) is 21.2. The van der Waals surface area contributed by atoms with Crippen LogP contribution in [0.3, 0.4) is 0 Å². The molecule has 264 valence electrons. The van der Waals surface area contributed by atoms with Gasteiger partial charge in [0.25, 0.3) is 0 Å². The molecular formula is C36H46BrN10O2P. The highest BCUT2D eigenvalue weighted by Crippen LogP contribution is 2.41. The lowest BCUT2D eigenvalue weighted by molar-refractivity contribution is 0.0982. The van der Waals surface area contributed by atoms with Gasteiger partial charge in [-0.05, 0) is 84.9 Å². The number of hydrogen-bond donors (Lipinski definition) is 2. The van der Waals surface area contributed by atoms with E-state index in [1.54, 1.807) is 44.6 Å². The van der Waals surface area contributed by atoms with Crippen molar-refractivity contribution in [3.8, 4) is 22.9 Å². The van der Waals surface area contributed by atoms with Crippen molar-refractivity contribution < 1.29 is 9.30 Å². The van der Waals surface area contributed by atoms with E-state index < -0.39 is 7.14 Å². The molecule has 12 nitrogen and oxygen atoms in total. The van der Waals surface area contributed by atoms with Gasteiger partial charge in [0.05, 0.1) is 23.0 Å². The maximum absolute atomic E-state index is 13.5. The Bertz CT molecular complexity index is 1940. The van der Waals surface area contributed by atoms with Crippen LogP contribution in [0.1, 0.15) is 31.0 Å². The Hall–Kier alpha value is -3.95. The molecule has 0 bridgehead atoms. The van der Waals surface area contributed by atoms with E-state index in [9.17, 15) is 9.83 Å². The predicted octanol–water partition coefficient (Wildman–Crippen LogP) is 6.03. The highest BCUT2D eigenvalue weighted by molar-refractivity contribution is 9.10. The number of aryl methyl sites for hydroxylation is 2. The zero-order valence-corrected chi connectivity index (χ0v) is 32.2. The molecule has 2 saturated heterocycles. The summed E-state index contributed by atoms with van der Waals surface area (Å²) in [7, 11) is 2.91. The van der Waals surface area contributed by atoms with Crippen LogP contribution in [0.2, 0.25) is 0 Å². The van der Waals surface area contributed by atoms with E-state index in [0.717, 1.165) is 75.5 Å². The predicted molar refractivity (Wildman–Crippen MR) is 205 cm³/mol. The number of methoxy groups -OCH3 is 1.